The van der Waals surface area contributed by atoms with Crippen LogP contribution < -0.4 is 9.47 Å². The smallest absolute Gasteiger partial charge is 0.238 e. The first-order chi connectivity index (χ1) is 17.5. The summed E-state index contributed by atoms with van der Waals surface area (Å²) in [6.07, 6.45) is 3.83. The molecular weight excluding hydrogens is 493 g/mol. The number of imidazole rings is 1. The third kappa shape index (κ3) is 4.09. The highest BCUT2D eigenvalue weighted by Gasteiger charge is 2.55. The number of fused-ring (bicyclic) bond motifs is 1. The molecule has 0 spiro atoms. The molecule has 2 N–H and O–H groups in total. The fourth-order valence-electron chi connectivity index (χ4n) is 4.49. The van der Waals surface area contributed by atoms with Crippen LogP contribution in [0.4, 0.5) is 13.2 Å². The van der Waals surface area contributed by atoms with Crippen molar-refractivity contribution in [1.82, 2.24) is 29.3 Å². The number of hydrogen-bond acceptors (Lipinski definition) is 8. The van der Waals surface area contributed by atoms with Gasteiger partial charge in [-0.05, 0) is 32.4 Å². The monoisotopic (exact) mass is 516 g/mol. The van der Waals surface area contributed by atoms with Crippen LogP contribution in [0.25, 0.3) is 17.2 Å². The van der Waals surface area contributed by atoms with Crippen molar-refractivity contribution in [2.45, 2.75) is 44.6 Å². The van der Waals surface area contributed by atoms with Gasteiger partial charge in [-0.1, -0.05) is 0 Å². The second-order valence-electron chi connectivity index (χ2n) is 8.90. The Morgan fingerprint density at radius 1 is 1.11 bits per heavy atom. The Labute approximate surface area is 209 Å². The van der Waals surface area contributed by atoms with Crippen molar-refractivity contribution >= 4 is 0 Å². The summed E-state index contributed by atoms with van der Waals surface area (Å²) in [6.45, 7) is 3.29. The van der Waals surface area contributed by atoms with Crippen molar-refractivity contribution in [3.8, 4) is 28.8 Å². The van der Waals surface area contributed by atoms with Gasteiger partial charge in [0, 0.05) is 31.3 Å². The topological polar surface area (TPSA) is 120 Å². The second kappa shape index (κ2) is 8.85. The molecule has 3 aromatic heterocycles. The minimum absolute atomic E-state index is 0.00136. The predicted molar refractivity (Wildman–Crippen MR) is 122 cm³/mol. The summed E-state index contributed by atoms with van der Waals surface area (Å²) in [5.74, 6) is -7.06. The molecular formula is C24H23F3N6O4. The first kappa shape index (κ1) is 24.7. The molecule has 0 amide bonds. The Morgan fingerprint density at radius 2 is 1.84 bits per heavy atom. The van der Waals surface area contributed by atoms with Gasteiger partial charge in [-0.25, -0.2) is 23.1 Å². The molecule has 1 aliphatic heterocycles. The maximum Gasteiger partial charge on any atom is 0.238 e. The molecule has 0 saturated heterocycles. The van der Waals surface area contributed by atoms with E-state index < -0.39 is 34.6 Å². The summed E-state index contributed by atoms with van der Waals surface area (Å²) in [5, 5.41) is 29.9. The highest BCUT2D eigenvalue weighted by atomic mass is 19.2. The van der Waals surface area contributed by atoms with Crippen molar-refractivity contribution in [2.24, 2.45) is 0 Å². The van der Waals surface area contributed by atoms with E-state index in [4.69, 9.17) is 9.47 Å². The standard InChI is InChI=1S/C24H23F3N6O4/c1-13-11-32(12-28-13)18-6-5-17(29-21(18)36-3)20-30-31-22-24(23(2,34)35,7-4-8-33(20)22)37-14-9-15(25)19(27)16(26)10-14/h5-6,9-12,34-35H,4,7-8H2,1-3H3. The van der Waals surface area contributed by atoms with Crippen LogP contribution in [0.3, 0.4) is 0 Å². The van der Waals surface area contributed by atoms with Crippen LogP contribution in [-0.4, -0.2) is 52.4 Å². The quantitative estimate of drug-likeness (QED) is 0.297. The van der Waals surface area contributed by atoms with Crippen LogP contribution in [0.2, 0.25) is 0 Å². The van der Waals surface area contributed by atoms with Gasteiger partial charge in [-0.3, -0.25) is 0 Å². The number of aliphatic hydroxyl groups is 2. The lowest BCUT2D eigenvalue weighted by molar-refractivity contribution is -0.268. The van der Waals surface area contributed by atoms with Crippen molar-refractivity contribution in [3.63, 3.8) is 0 Å². The van der Waals surface area contributed by atoms with Gasteiger partial charge >= 0.3 is 0 Å². The lowest BCUT2D eigenvalue weighted by Gasteiger charge is -2.43. The number of halogens is 3. The number of benzene rings is 1. The van der Waals surface area contributed by atoms with Gasteiger partial charge < -0.3 is 28.8 Å². The molecule has 1 unspecified atom stereocenters. The van der Waals surface area contributed by atoms with Crippen LogP contribution in [-0.2, 0) is 12.1 Å². The molecule has 194 valence electrons. The molecule has 13 heteroatoms. The molecule has 0 radical (unpaired) electrons. The Kier molecular flexibility index (Phi) is 5.91. The van der Waals surface area contributed by atoms with Crippen LogP contribution in [0.1, 0.15) is 31.3 Å². The Hall–Kier alpha value is -3.97. The summed E-state index contributed by atoms with van der Waals surface area (Å²) in [7, 11) is 1.47. The zero-order valence-electron chi connectivity index (χ0n) is 20.1. The SMILES string of the molecule is COc1nc(-c2nnc3n2CCCC3(Oc2cc(F)c(F)c(F)c2)C(C)(O)O)ccc1-n1cnc(C)c1. The van der Waals surface area contributed by atoms with Crippen molar-refractivity contribution in [1.29, 1.82) is 0 Å². The van der Waals surface area contributed by atoms with Crippen LogP contribution in [0.5, 0.6) is 11.6 Å². The van der Waals surface area contributed by atoms with Crippen LogP contribution in [0.15, 0.2) is 36.8 Å². The third-order valence-corrected chi connectivity index (χ3v) is 6.29. The molecule has 0 aliphatic carbocycles. The lowest BCUT2D eigenvalue weighted by atomic mass is 9.85. The molecule has 0 bridgehead atoms. The zero-order valence-corrected chi connectivity index (χ0v) is 20.1. The first-order valence-corrected chi connectivity index (χ1v) is 11.3. The lowest BCUT2D eigenvalue weighted by Crippen LogP contribution is -2.56. The first-order valence-electron chi connectivity index (χ1n) is 11.3. The summed E-state index contributed by atoms with van der Waals surface area (Å²) in [5.41, 5.74) is -0.151. The van der Waals surface area contributed by atoms with Gasteiger partial charge in [0.05, 0.1) is 19.1 Å². The molecule has 5 rings (SSSR count). The van der Waals surface area contributed by atoms with E-state index >= 15 is 0 Å². The number of ether oxygens (including phenoxy) is 2. The maximum absolute atomic E-state index is 13.9. The Morgan fingerprint density at radius 3 is 2.46 bits per heavy atom. The average molecular weight is 516 g/mol. The van der Waals surface area contributed by atoms with E-state index in [9.17, 15) is 23.4 Å². The largest absolute Gasteiger partial charge is 0.479 e. The number of methoxy groups -OCH3 is 1. The van der Waals surface area contributed by atoms with E-state index in [1.165, 1.54) is 7.11 Å². The predicted octanol–water partition coefficient (Wildman–Crippen LogP) is 3.03. The highest BCUT2D eigenvalue weighted by Crippen LogP contribution is 2.44. The summed E-state index contributed by atoms with van der Waals surface area (Å²) in [6, 6.07) is 4.72. The fourth-order valence-corrected chi connectivity index (χ4v) is 4.49. The minimum atomic E-state index is -2.56. The van der Waals surface area contributed by atoms with E-state index in [-0.39, 0.29) is 23.9 Å². The maximum atomic E-state index is 13.9. The summed E-state index contributed by atoms with van der Waals surface area (Å²) in [4.78, 5) is 8.76. The van der Waals surface area contributed by atoms with Gasteiger partial charge in [0.2, 0.25) is 17.3 Å². The number of aromatic nitrogens is 6. The average Bonchev–Trinajstić information content (AvgIpc) is 3.48. The van der Waals surface area contributed by atoms with Gasteiger partial charge in [0.15, 0.2) is 29.1 Å². The Balaban J connectivity index is 1.60. The molecule has 1 aliphatic rings. The summed E-state index contributed by atoms with van der Waals surface area (Å²) >= 11 is 0. The van der Waals surface area contributed by atoms with E-state index in [0.29, 0.717) is 36.5 Å². The second-order valence-corrected chi connectivity index (χ2v) is 8.90. The van der Waals surface area contributed by atoms with Crippen LogP contribution in [0, 0.1) is 24.4 Å². The van der Waals surface area contributed by atoms with E-state index in [2.05, 4.69) is 20.2 Å². The number of nitrogens with zero attached hydrogens (tertiary/aromatic N) is 6. The van der Waals surface area contributed by atoms with Crippen molar-refractivity contribution in [3.05, 3.63) is 65.8 Å². The number of hydrogen-bond donors (Lipinski definition) is 2. The highest BCUT2D eigenvalue weighted by molar-refractivity contribution is 5.56. The molecule has 1 atom stereocenters. The van der Waals surface area contributed by atoms with Gasteiger partial charge in [0.1, 0.15) is 17.1 Å². The van der Waals surface area contributed by atoms with E-state index in [0.717, 1.165) is 12.6 Å². The van der Waals surface area contributed by atoms with E-state index in [1.54, 1.807) is 27.6 Å². The van der Waals surface area contributed by atoms with Gasteiger partial charge in [0.25, 0.3) is 0 Å². The number of pyridine rings is 1. The third-order valence-electron chi connectivity index (χ3n) is 6.29. The number of rotatable bonds is 6. The molecule has 4 aromatic rings. The molecule has 1 aromatic carbocycles. The van der Waals surface area contributed by atoms with Gasteiger partial charge in [-0.2, -0.15) is 0 Å². The molecule has 0 saturated carbocycles. The van der Waals surface area contributed by atoms with E-state index in [1.807, 2.05) is 13.1 Å². The fraction of sp³-hybridized carbons (Fsp3) is 0.333. The van der Waals surface area contributed by atoms with Gasteiger partial charge in [-0.15, -0.1) is 10.2 Å². The minimum Gasteiger partial charge on any atom is -0.479 e. The zero-order chi connectivity index (χ0) is 26.5. The normalized spacial score (nSPS) is 17.5. The Bertz CT molecular complexity index is 1460. The number of aryl methyl sites for hydroxylation is 1. The van der Waals surface area contributed by atoms with Crippen molar-refractivity contribution < 1.29 is 32.9 Å². The van der Waals surface area contributed by atoms with Crippen LogP contribution >= 0.6 is 0 Å². The van der Waals surface area contributed by atoms with Crippen molar-refractivity contribution in [2.75, 3.05) is 7.11 Å². The summed E-state index contributed by atoms with van der Waals surface area (Å²) < 4.78 is 55.9. The molecule has 37 heavy (non-hydrogen) atoms. The molecule has 4 heterocycles. The molecule has 0 fully saturated rings. The molecule has 10 nitrogen and oxygen atoms in total.